The molecule has 0 unspecified atom stereocenters. The fourth-order valence-electron chi connectivity index (χ4n) is 2.45. The molecule has 1 N–H and O–H groups in total. The number of hydrogen-bond acceptors (Lipinski definition) is 5. The van der Waals surface area contributed by atoms with Gasteiger partial charge in [0.1, 0.15) is 0 Å². The van der Waals surface area contributed by atoms with Crippen LogP contribution in [0.15, 0.2) is 10.4 Å². The Bertz CT molecular complexity index is 634. The topological polar surface area (TPSA) is 79.4 Å². The SMILES string of the molecule is O=C(C1CC1)N1CCC(NS(=O)(=O)c2cnc(Cl)s2)CC1. The molecule has 2 fully saturated rings. The van der Waals surface area contributed by atoms with Crippen LogP contribution in [-0.4, -0.2) is 43.3 Å². The Labute approximate surface area is 132 Å². The van der Waals surface area contributed by atoms with Crippen LogP contribution in [0.3, 0.4) is 0 Å². The molecule has 1 aliphatic heterocycles. The number of nitrogens with one attached hydrogen (secondary N) is 1. The molecule has 1 amide bonds. The van der Waals surface area contributed by atoms with Crippen molar-refractivity contribution in [3.8, 4) is 0 Å². The Hall–Kier alpha value is -0.700. The van der Waals surface area contributed by atoms with Gasteiger partial charge in [-0.2, -0.15) is 0 Å². The molecule has 0 atom stereocenters. The van der Waals surface area contributed by atoms with Gasteiger partial charge in [0, 0.05) is 25.0 Å². The van der Waals surface area contributed by atoms with E-state index in [-0.39, 0.29) is 26.5 Å². The molecule has 0 bridgehead atoms. The zero-order valence-electron chi connectivity index (χ0n) is 11.3. The Morgan fingerprint density at radius 3 is 2.52 bits per heavy atom. The third-order valence-corrected chi connectivity index (χ3v) is 6.87. The lowest BCUT2D eigenvalue weighted by Crippen LogP contribution is -2.46. The van der Waals surface area contributed by atoms with Crippen LogP contribution in [0.5, 0.6) is 0 Å². The molecule has 1 aliphatic carbocycles. The van der Waals surface area contributed by atoms with Gasteiger partial charge in [0.25, 0.3) is 10.0 Å². The van der Waals surface area contributed by atoms with Crippen LogP contribution in [0, 0.1) is 5.92 Å². The summed E-state index contributed by atoms with van der Waals surface area (Å²) in [6, 6.07) is -0.140. The number of sulfonamides is 1. The molecular weight excluding hydrogens is 334 g/mol. The van der Waals surface area contributed by atoms with Crippen molar-refractivity contribution in [2.45, 2.75) is 35.9 Å². The summed E-state index contributed by atoms with van der Waals surface area (Å²) in [5.41, 5.74) is 0. The molecule has 0 radical (unpaired) electrons. The zero-order valence-corrected chi connectivity index (χ0v) is 13.7. The van der Waals surface area contributed by atoms with Crippen molar-refractivity contribution in [2.24, 2.45) is 5.92 Å². The van der Waals surface area contributed by atoms with Crippen LogP contribution >= 0.6 is 22.9 Å². The van der Waals surface area contributed by atoms with Gasteiger partial charge in [-0.05, 0) is 25.7 Å². The molecule has 116 valence electrons. The van der Waals surface area contributed by atoms with Gasteiger partial charge < -0.3 is 4.90 Å². The molecule has 0 spiro atoms. The number of likely N-dealkylation sites (tertiary alicyclic amines) is 1. The second-order valence-electron chi connectivity index (χ2n) is 5.43. The Morgan fingerprint density at radius 2 is 2.00 bits per heavy atom. The molecule has 2 heterocycles. The summed E-state index contributed by atoms with van der Waals surface area (Å²) in [5, 5.41) is 0. The summed E-state index contributed by atoms with van der Waals surface area (Å²) in [4.78, 5) is 17.5. The van der Waals surface area contributed by atoms with Crippen LogP contribution in [0.1, 0.15) is 25.7 Å². The number of aromatic nitrogens is 1. The lowest BCUT2D eigenvalue weighted by molar-refractivity contribution is -0.133. The maximum Gasteiger partial charge on any atom is 0.251 e. The van der Waals surface area contributed by atoms with Crippen LogP contribution in [0.2, 0.25) is 4.47 Å². The van der Waals surface area contributed by atoms with Crippen LogP contribution in [0.25, 0.3) is 0 Å². The Kier molecular flexibility index (Phi) is 4.22. The van der Waals surface area contributed by atoms with E-state index in [9.17, 15) is 13.2 Å². The number of rotatable bonds is 4. The highest BCUT2D eigenvalue weighted by Crippen LogP contribution is 2.32. The summed E-state index contributed by atoms with van der Waals surface area (Å²) in [7, 11) is -3.56. The van der Waals surface area contributed by atoms with Crippen molar-refractivity contribution in [1.82, 2.24) is 14.6 Å². The maximum absolute atomic E-state index is 12.2. The highest BCUT2D eigenvalue weighted by atomic mass is 35.5. The van der Waals surface area contributed by atoms with Gasteiger partial charge >= 0.3 is 0 Å². The first-order valence-corrected chi connectivity index (χ1v) is 9.56. The summed E-state index contributed by atoms with van der Waals surface area (Å²) in [5.74, 6) is 0.447. The average molecular weight is 350 g/mol. The average Bonchev–Trinajstić information content (AvgIpc) is 3.20. The van der Waals surface area contributed by atoms with E-state index < -0.39 is 10.0 Å². The number of carbonyl (C=O) groups excluding carboxylic acids is 1. The molecule has 1 aromatic rings. The molecule has 1 saturated carbocycles. The molecule has 9 heteroatoms. The second-order valence-corrected chi connectivity index (χ2v) is 8.98. The smallest absolute Gasteiger partial charge is 0.251 e. The van der Waals surface area contributed by atoms with E-state index in [4.69, 9.17) is 11.6 Å². The van der Waals surface area contributed by atoms with Gasteiger partial charge in [-0.25, -0.2) is 18.1 Å². The molecule has 3 rings (SSSR count). The first-order valence-electron chi connectivity index (χ1n) is 6.88. The van der Waals surface area contributed by atoms with Gasteiger partial charge in [-0.1, -0.05) is 22.9 Å². The van der Waals surface area contributed by atoms with Crippen LogP contribution < -0.4 is 4.72 Å². The molecular formula is C12H16ClN3O3S2. The van der Waals surface area contributed by atoms with E-state index in [1.54, 1.807) is 0 Å². The van der Waals surface area contributed by atoms with Crippen molar-refractivity contribution in [3.05, 3.63) is 10.7 Å². The van der Waals surface area contributed by atoms with E-state index in [1.807, 2.05) is 4.90 Å². The van der Waals surface area contributed by atoms with Crippen LogP contribution in [0.4, 0.5) is 0 Å². The predicted molar refractivity (Wildman–Crippen MR) is 79.8 cm³/mol. The van der Waals surface area contributed by atoms with Gasteiger partial charge in [-0.15, -0.1) is 0 Å². The van der Waals surface area contributed by atoms with Crippen LogP contribution in [-0.2, 0) is 14.8 Å². The van der Waals surface area contributed by atoms with E-state index in [2.05, 4.69) is 9.71 Å². The van der Waals surface area contributed by atoms with E-state index in [1.165, 1.54) is 6.20 Å². The largest absolute Gasteiger partial charge is 0.342 e. The second kappa shape index (κ2) is 5.83. The summed E-state index contributed by atoms with van der Waals surface area (Å²) in [6.45, 7) is 1.23. The number of hydrogen-bond donors (Lipinski definition) is 1. The highest BCUT2D eigenvalue weighted by molar-refractivity contribution is 7.91. The minimum absolute atomic E-state index is 0.129. The minimum atomic E-state index is -3.56. The first kappa shape index (κ1) is 15.2. The normalized spacial score (nSPS) is 20.7. The predicted octanol–water partition coefficient (Wildman–Crippen LogP) is 1.48. The van der Waals surface area contributed by atoms with Crippen molar-refractivity contribution >= 4 is 38.9 Å². The van der Waals surface area contributed by atoms with Gasteiger partial charge in [0.05, 0.1) is 6.20 Å². The highest BCUT2D eigenvalue weighted by Gasteiger charge is 2.35. The third kappa shape index (κ3) is 3.56. The number of carbonyl (C=O) groups is 1. The number of nitrogens with zero attached hydrogens (tertiary/aromatic N) is 2. The Morgan fingerprint density at radius 1 is 1.33 bits per heavy atom. The fraction of sp³-hybridized carbons (Fsp3) is 0.667. The molecule has 2 aliphatic rings. The molecule has 21 heavy (non-hydrogen) atoms. The van der Waals surface area contributed by atoms with E-state index in [0.717, 1.165) is 24.2 Å². The van der Waals surface area contributed by atoms with Gasteiger partial charge in [0.15, 0.2) is 8.68 Å². The summed E-state index contributed by atoms with van der Waals surface area (Å²) in [6.07, 6.45) is 4.55. The molecule has 1 saturated heterocycles. The quantitative estimate of drug-likeness (QED) is 0.892. The number of piperidine rings is 1. The molecule has 1 aromatic heterocycles. The van der Waals surface area contributed by atoms with Crippen molar-refractivity contribution in [2.75, 3.05) is 13.1 Å². The van der Waals surface area contributed by atoms with E-state index in [0.29, 0.717) is 25.9 Å². The van der Waals surface area contributed by atoms with Crippen molar-refractivity contribution in [3.63, 3.8) is 0 Å². The number of thiazole rings is 1. The number of amides is 1. The summed E-state index contributed by atoms with van der Waals surface area (Å²) >= 11 is 6.61. The van der Waals surface area contributed by atoms with Gasteiger partial charge in [0.2, 0.25) is 5.91 Å². The van der Waals surface area contributed by atoms with Crippen molar-refractivity contribution < 1.29 is 13.2 Å². The molecule has 6 nitrogen and oxygen atoms in total. The minimum Gasteiger partial charge on any atom is -0.342 e. The van der Waals surface area contributed by atoms with Gasteiger partial charge in [-0.3, -0.25) is 4.79 Å². The molecule has 0 aromatic carbocycles. The lowest BCUT2D eigenvalue weighted by atomic mass is 10.1. The zero-order chi connectivity index (χ0) is 15.0. The first-order chi connectivity index (χ1) is 9.95. The summed E-state index contributed by atoms with van der Waals surface area (Å²) < 4.78 is 27.3. The maximum atomic E-state index is 12.2. The standard InChI is InChI=1S/C12H16ClN3O3S2/c13-12-14-7-10(20-12)21(18,19)15-9-3-5-16(6-4-9)11(17)8-1-2-8/h7-9,15H,1-6H2. The lowest BCUT2D eigenvalue weighted by Gasteiger charge is -2.32. The van der Waals surface area contributed by atoms with E-state index >= 15 is 0 Å². The fourth-order valence-corrected chi connectivity index (χ4v) is 5.06. The Balaban J connectivity index is 1.56. The monoisotopic (exact) mass is 349 g/mol. The van der Waals surface area contributed by atoms with Crippen molar-refractivity contribution in [1.29, 1.82) is 0 Å². The third-order valence-electron chi connectivity index (χ3n) is 3.78. The number of halogens is 1.